The third-order valence-corrected chi connectivity index (χ3v) is 4.21. The van der Waals surface area contributed by atoms with E-state index in [4.69, 9.17) is 0 Å². The fourth-order valence-corrected chi connectivity index (χ4v) is 2.76. The summed E-state index contributed by atoms with van der Waals surface area (Å²) < 4.78 is 0. The molecule has 0 radical (unpaired) electrons. The molecule has 0 unspecified atom stereocenters. The van der Waals surface area contributed by atoms with Crippen molar-refractivity contribution >= 4 is 11.8 Å². The van der Waals surface area contributed by atoms with Crippen molar-refractivity contribution in [2.75, 3.05) is 13.1 Å². The van der Waals surface area contributed by atoms with Gasteiger partial charge < -0.3 is 10.2 Å². The number of carbonyl (C=O) groups excluding carboxylic acids is 2. The van der Waals surface area contributed by atoms with E-state index in [1.165, 1.54) is 0 Å². The van der Waals surface area contributed by atoms with Gasteiger partial charge in [0, 0.05) is 37.5 Å². The predicted octanol–water partition coefficient (Wildman–Crippen LogP) is 3.20. The van der Waals surface area contributed by atoms with E-state index < -0.39 is 0 Å². The first-order chi connectivity index (χ1) is 12.1. The second-order valence-corrected chi connectivity index (χ2v) is 5.86. The Kier molecular flexibility index (Phi) is 7.14. The van der Waals surface area contributed by atoms with Crippen molar-refractivity contribution in [1.82, 2.24) is 15.2 Å². The molecule has 2 amide bonds. The molecule has 25 heavy (non-hydrogen) atoms. The zero-order chi connectivity index (χ0) is 18.1. The summed E-state index contributed by atoms with van der Waals surface area (Å²) in [5.74, 6) is -0.00803. The molecule has 1 N–H and O–H groups in total. The fraction of sp³-hybridized carbons (Fsp3) is 0.350. The quantitative estimate of drug-likeness (QED) is 0.751. The van der Waals surface area contributed by atoms with Crippen LogP contribution in [-0.2, 0) is 4.79 Å². The summed E-state index contributed by atoms with van der Waals surface area (Å²) in [5, 5.41) is 2.85. The molecule has 1 atom stereocenters. The molecule has 0 fully saturated rings. The highest BCUT2D eigenvalue weighted by molar-refractivity contribution is 5.94. The van der Waals surface area contributed by atoms with Crippen LogP contribution in [0.3, 0.4) is 0 Å². The summed E-state index contributed by atoms with van der Waals surface area (Å²) in [7, 11) is 0. The van der Waals surface area contributed by atoms with Crippen LogP contribution in [0, 0.1) is 0 Å². The average Bonchev–Trinajstić information content (AvgIpc) is 2.67. The van der Waals surface area contributed by atoms with Crippen molar-refractivity contribution in [1.29, 1.82) is 0 Å². The summed E-state index contributed by atoms with van der Waals surface area (Å²) in [4.78, 5) is 30.3. The van der Waals surface area contributed by atoms with Gasteiger partial charge >= 0.3 is 0 Å². The number of rotatable bonds is 8. The average molecular weight is 339 g/mol. The minimum absolute atomic E-state index is 0.0133. The van der Waals surface area contributed by atoms with Gasteiger partial charge in [-0.2, -0.15) is 0 Å². The smallest absolute Gasteiger partial charge is 0.251 e. The summed E-state index contributed by atoms with van der Waals surface area (Å²) in [6.07, 6.45) is 4.52. The molecule has 5 heteroatoms. The molecule has 1 aromatic heterocycles. The monoisotopic (exact) mass is 339 g/mol. The van der Waals surface area contributed by atoms with Crippen LogP contribution >= 0.6 is 0 Å². The number of nitrogens with zero attached hydrogens (tertiary/aromatic N) is 2. The van der Waals surface area contributed by atoms with Crippen molar-refractivity contribution in [3.63, 3.8) is 0 Å². The molecule has 0 bridgehead atoms. The van der Waals surface area contributed by atoms with E-state index in [0.29, 0.717) is 31.5 Å². The maximum atomic E-state index is 12.5. The van der Waals surface area contributed by atoms with E-state index in [2.05, 4.69) is 10.3 Å². The number of benzene rings is 1. The van der Waals surface area contributed by atoms with Crippen LogP contribution in [0.5, 0.6) is 0 Å². The minimum Gasteiger partial charge on any atom is -0.352 e. The van der Waals surface area contributed by atoms with Crippen molar-refractivity contribution in [3.05, 3.63) is 66.0 Å². The summed E-state index contributed by atoms with van der Waals surface area (Å²) in [6, 6.07) is 13.0. The van der Waals surface area contributed by atoms with Crippen LogP contribution in [0.15, 0.2) is 54.9 Å². The second kappa shape index (κ2) is 9.57. The lowest BCUT2D eigenvalue weighted by Crippen LogP contribution is -2.34. The van der Waals surface area contributed by atoms with E-state index in [9.17, 15) is 9.59 Å². The minimum atomic E-state index is -0.106. The third-order valence-electron chi connectivity index (χ3n) is 4.21. The molecular formula is C20H25N3O2. The van der Waals surface area contributed by atoms with Gasteiger partial charge in [-0.3, -0.25) is 14.6 Å². The number of pyridine rings is 1. The Labute approximate surface area is 149 Å². The van der Waals surface area contributed by atoms with Gasteiger partial charge in [-0.25, -0.2) is 0 Å². The molecule has 0 saturated heterocycles. The van der Waals surface area contributed by atoms with Gasteiger partial charge in [-0.1, -0.05) is 18.2 Å². The topological polar surface area (TPSA) is 62.3 Å². The van der Waals surface area contributed by atoms with Gasteiger partial charge in [0.25, 0.3) is 5.91 Å². The van der Waals surface area contributed by atoms with Crippen molar-refractivity contribution in [3.8, 4) is 0 Å². The van der Waals surface area contributed by atoms with Gasteiger partial charge in [0.2, 0.25) is 5.91 Å². The zero-order valence-corrected chi connectivity index (χ0v) is 14.8. The maximum absolute atomic E-state index is 12.5. The molecule has 0 saturated carbocycles. The van der Waals surface area contributed by atoms with Crippen molar-refractivity contribution in [2.45, 2.75) is 32.7 Å². The molecule has 5 nitrogen and oxygen atoms in total. The van der Waals surface area contributed by atoms with Gasteiger partial charge in [0.05, 0.1) is 6.04 Å². The SMILES string of the molecule is CCN(C(=O)CCCNC(=O)c1ccccc1)[C@@H](C)c1ccncc1. The van der Waals surface area contributed by atoms with E-state index in [0.717, 1.165) is 5.56 Å². The number of hydrogen-bond donors (Lipinski definition) is 1. The summed E-state index contributed by atoms with van der Waals surface area (Å²) >= 11 is 0. The molecule has 2 aromatic rings. The highest BCUT2D eigenvalue weighted by atomic mass is 16.2. The lowest BCUT2D eigenvalue weighted by Gasteiger charge is -2.28. The Morgan fingerprint density at radius 1 is 1.12 bits per heavy atom. The van der Waals surface area contributed by atoms with E-state index in [1.54, 1.807) is 24.5 Å². The molecule has 1 aromatic carbocycles. The first-order valence-electron chi connectivity index (χ1n) is 8.66. The predicted molar refractivity (Wildman–Crippen MR) is 98.0 cm³/mol. The number of nitrogens with one attached hydrogen (secondary N) is 1. The summed E-state index contributed by atoms with van der Waals surface area (Å²) in [6.45, 7) is 5.14. The molecule has 1 heterocycles. The molecule has 0 spiro atoms. The van der Waals surface area contributed by atoms with Crippen molar-refractivity contribution in [2.24, 2.45) is 0 Å². The molecular weight excluding hydrogens is 314 g/mol. The number of aromatic nitrogens is 1. The van der Waals surface area contributed by atoms with E-state index in [-0.39, 0.29) is 17.9 Å². The fourth-order valence-electron chi connectivity index (χ4n) is 2.76. The standard InChI is InChI=1S/C20H25N3O2/c1-3-23(16(2)17-11-14-21-15-12-17)19(24)10-7-13-22-20(25)18-8-5-4-6-9-18/h4-6,8-9,11-12,14-16H,3,7,10,13H2,1-2H3,(H,22,25)/t16-/m0/s1. The second-order valence-electron chi connectivity index (χ2n) is 5.86. The number of hydrogen-bond acceptors (Lipinski definition) is 3. The van der Waals surface area contributed by atoms with Crippen LogP contribution in [-0.4, -0.2) is 34.8 Å². The molecule has 2 rings (SSSR count). The van der Waals surface area contributed by atoms with Gasteiger partial charge in [0.1, 0.15) is 0 Å². The molecule has 0 aliphatic carbocycles. The van der Waals surface area contributed by atoms with Crippen molar-refractivity contribution < 1.29 is 9.59 Å². The largest absolute Gasteiger partial charge is 0.352 e. The third kappa shape index (κ3) is 5.41. The Morgan fingerprint density at radius 2 is 1.80 bits per heavy atom. The lowest BCUT2D eigenvalue weighted by atomic mass is 10.1. The Morgan fingerprint density at radius 3 is 2.44 bits per heavy atom. The highest BCUT2D eigenvalue weighted by Crippen LogP contribution is 2.20. The molecule has 132 valence electrons. The van der Waals surface area contributed by atoms with Gasteiger partial charge in [-0.15, -0.1) is 0 Å². The Bertz CT molecular complexity index is 674. The van der Waals surface area contributed by atoms with Crippen LogP contribution in [0.25, 0.3) is 0 Å². The maximum Gasteiger partial charge on any atom is 0.251 e. The Hall–Kier alpha value is -2.69. The molecule has 0 aliphatic heterocycles. The first kappa shape index (κ1) is 18.6. The van der Waals surface area contributed by atoms with Gasteiger partial charge in [-0.05, 0) is 50.1 Å². The first-order valence-corrected chi connectivity index (χ1v) is 8.66. The summed E-state index contributed by atoms with van der Waals surface area (Å²) in [5.41, 5.74) is 1.71. The lowest BCUT2D eigenvalue weighted by molar-refractivity contribution is -0.133. The normalized spacial score (nSPS) is 11.6. The number of carbonyl (C=O) groups is 2. The Balaban J connectivity index is 1.79. The zero-order valence-electron chi connectivity index (χ0n) is 14.8. The van der Waals surface area contributed by atoms with E-state index in [1.807, 2.05) is 49.1 Å². The molecule has 0 aliphatic rings. The van der Waals surface area contributed by atoms with Crippen LogP contribution in [0.1, 0.15) is 48.7 Å². The van der Waals surface area contributed by atoms with E-state index >= 15 is 0 Å². The van der Waals surface area contributed by atoms with Crippen LogP contribution < -0.4 is 5.32 Å². The van der Waals surface area contributed by atoms with Crippen LogP contribution in [0.4, 0.5) is 0 Å². The number of amides is 2. The highest BCUT2D eigenvalue weighted by Gasteiger charge is 2.19. The van der Waals surface area contributed by atoms with Gasteiger partial charge in [0.15, 0.2) is 0 Å². The van der Waals surface area contributed by atoms with Crippen LogP contribution in [0.2, 0.25) is 0 Å².